The highest BCUT2D eigenvalue weighted by Gasteiger charge is 2.29. The zero-order valence-corrected chi connectivity index (χ0v) is 12.2. The van der Waals surface area contributed by atoms with Crippen LogP contribution in [0.1, 0.15) is 11.7 Å². The van der Waals surface area contributed by atoms with Gasteiger partial charge in [0, 0.05) is 0 Å². The predicted octanol–water partition coefficient (Wildman–Crippen LogP) is 1.84. The zero-order chi connectivity index (χ0) is 15.5. The van der Waals surface area contributed by atoms with Crippen molar-refractivity contribution in [2.45, 2.75) is 6.17 Å². The Morgan fingerprint density at radius 3 is 2.41 bits per heavy atom. The lowest BCUT2D eigenvalue weighted by atomic mass is 10.1. The number of nitrogens with zero attached hydrogens (tertiary/aromatic N) is 3. The molecule has 4 N–H and O–H groups in total. The van der Waals surface area contributed by atoms with E-state index in [0.29, 0.717) is 5.75 Å². The Bertz CT molecular complexity index is 726. The molecule has 112 valence electrons. The van der Waals surface area contributed by atoms with Crippen LogP contribution in [0, 0.1) is 0 Å². The van der Waals surface area contributed by atoms with Crippen molar-refractivity contribution in [3.63, 3.8) is 0 Å². The van der Waals surface area contributed by atoms with E-state index in [1.165, 1.54) is 0 Å². The van der Waals surface area contributed by atoms with Gasteiger partial charge in [-0.1, -0.05) is 42.5 Å². The van der Waals surface area contributed by atoms with Crippen molar-refractivity contribution < 1.29 is 4.74 Å². The minimum atomic E-state index is -0.380. The summed E-state index contributed by atoms with van der Waals surface area (Å²) in [4.78, 5) is 10.3. The standard InChI is InChI=1S/C16H17N5O/c1-22-13-10-6-5-9-12(13)21-14(11-7-3-2-4-8-11)19-15(17)20-16(21)18/h2-10,14H,1H3,(H4,17,18,19,20). The number of hydrogen-bond acceptors (Lipinski definition) is 6. The van der Waals surface area contributed by atoms with Gasteiger partial charge in [-0.3, -0.25) is 4.90 Å². The van der Waals surface area contributed by atoms with Crippen molar-refractivity contribution in [3.05, 3.63) is 60.2 Å². The van der Waals surface area contributed by atoms with Crippen LogP contribution in [-0.4, -0.2) is 19.0 Å². The Hall–Kier alpha value is -3.02. The molecule has 1 unspecified atom stereocenters. The van der Waals surface area contributed by atoms with Gasteiger partial charge in [-0.2, -0.15) is 4.99 Å². The number of nitrogens with two attached hydrogens (primary N) is 2. The molecule has 0 fully saturated rings. The molecule has 1 atom stereocenters. The molecule has 0 aliphatic carbocycles. The van der Waals surface area contributed by atoms with Gasteiger partial charge >= 0.3 is 0 Å². The summed E-state index contributed by atoms with van der Waals surface area (Å²) < 4.78 is 5.43. The van der Waals surface area contributed by atoms with Gasteiger partial charge in [0.25, 0.3) is 0 Å². The van der Waals surface area contributed by atoms with E-state index in [4.69, 9.17) is 16.2 Å². The van der Waals surface area contributed by atoms with E-state index < -0.39 is 0 Å². The van der Waals surface area contributed by atoms with Gasteiger partial charge in [0.1, 0.15) is 5.75 Å². The molecule has 1 aliphatic rings. The number of methoxy groups -OCH3 is 1. The lowest BCUT2D eigenvalue weighted by Gasteiger charge is -2.33. The topological polar surface area (TPSA) is 89.2 Å². The van der Waals surface area contributed by atoms with Crippen molar-refractivity contribution in [3.8, 4) is 5.75 Å². The monoisotopic (exact) mass is 295 g/mol. The second kappa shape index (κ2) is 5.77. The van der Waals surface area contributed by atoms with Crippen LogP contribution < -0.4 is 21.1 Å². The molecular formula is C16H17N5O. The van der Waals surface area contributed by atoms with E-state index in [2.05, 4.69) is 9.98 Å². The summed E-state index contributed by atoms with van der Waals surface area (Å²) in [5.41, 5.74) is 13.7. The fourth-order valence-corrected chi connectivity index (χ4v) is 2.44. The third-order valence-corrected chi connectivity index (χ3v) is 3.42. The Balaban J connectivity index is 2.12. The SMILES string of the molecule is COc1ccccc1N1C(N)=NC(N)=NC1c1ccccc1. The Kier molecular flexibility index (Phi) is 3.65. The van der Waals surface area contributed by atoms with Gasteiger partial charge in [0.2, 0.25) is 11.9 Å². The fraction of sp³-hybridized carbons (Fsp3) is 0.125. The van der Waals surface area contributed by atoms with Crippen LogP contribution in [0.15, 0.2) is 64.6 Å². The third-order valence-electron chi connectivity index (χ3n) is 3.42. The predicted molar refractivity (Wildman–Crippen MR) is 87.9 cm³/mol. The molecule has 22 heavy (non-hydrogen) atoms. The number of benzene rings is 2. The zero-order valence-electron chi connectivity index (χ0n) is 12.2. The molecule has 0 spiro atoms. The molecule has 0 amide bonds. The molecule has 2 aromatic carbocycles. The average Bonchev–Trinajstić information content (AvgIpc) is 2.55. The number of hydrogen-bond donors (Lipinski definition) is 2. The number of rotatable bonds is 3. The van der Waals surface area contributed by atoms with Crippen molar-refractivity contribution in [1.29, 1.82) is 0 Å². The average molecular weight is 295 g/mol. The van der Waals surface area contributed by atoms with Gasteiger partial charge in [-0.25, -0.2) is 4.99 Å². The summed E-state index contributed by atoms with van der Waals surface area (Å²) in [6, 6.07) is 17.4. The molecule has 0 saturated carbocycles. The van der Waals surface area contributed by atoms with Crippen molar-refractivity contribution in [2.75, 3.05) is 12.0 Å². The minimum Gasteiger partial charge on any atom is -0.495 e. The molecule has 0 saturated heterocycles. The largest absolute Gasteiger partial charge is 0.495 e. The molecule has 1 heterocycles. The Morgan fingerprint density at radius 1 is 1.00 bits per heavy atom. The number of ether oxygens (including phenoxy) is 1. The first-order valence-electron chi connectivity index (χ1n) is 6.85. The van der Waals surface area contributed by atoms with Crippen LogP contribution in [0.2, 0.25) is 0 Å². The maximum absolute atomic E-state index is 6.11. The highest BCUT2D eigenvalue weighted by Crippen LogP contribution is 2.35. The van der Waals surface area contributed by atoms with Gasteiger partial charge in [0.15, 0.2) is 6.17 Å². The summed E-state index contributed by atoms with van der Waals surface area (Å²) in [6.45, 7) is 0. The quantitative estimate of drug-likeness (QED) is 0.904. The van der Waals surface area contributed by atoms with Crippen LogP contribution in [0.25, 0.3) is 0 Å². The van der Waals surface area contributed by atoms with Crippen LogP contribution in [-0.2, 0) is 0 Å². The smallest absolute Gasteiger partial charge is 0.221 e. The molecule has 0 radical (unpaired) electrons. The van der Waals surface area contributed by atoms with Gasteiger partial charge in [-0.15, -0.1) is 0 Å². The molecule has 0 aromatic heterocycles. The van der Waals surface area contributed by atoms with Gasteiger partial charge in [-0.05, 0) is 17.7 Å². The Morgan fingerprint density at radius 2 is 1.68 bits per heavy atom. The maximum atomic E-state index is 6.11. The number of guanidine groups is 2. The van der Waals surface area contributed by atoms with Crippen molar-refractivity contribution >= 4 is 17.6 Å². The fourth-order valence-electron chi connectivity index (χ4n) is 2.44. The summed E-state index contributed by atoms with van der Waals surface area (Å²) in [6.07, 6.45) is -0.380. The van der Waals surface area contributed by atoms with E-state index in [1.807, 2.05) is 59.5 Å². The van der Waals surface area contributed by atoms with Gasteiger partial charge in [0.05, 0.1) is 12.8 Å². The number of aliphatic imine (C=N–C) groups is 2. The van der Waals surface area contributed by atoms with Crippen molar-refractivity contribution in [2.24, 2.45) is 21.5 Å². The van der Waals surface area contributed by atoms with Crippen molar-refractivity contribution in [1.82, 2.24) is 0 Å². The molecule has 1 aliphatic heterocycles. The molecule has 2 aromatic rings. The highest BCUT2D eigenvalue weighted by atomic mass is 16.5. The lowest BCUT2D eigenvalue weighted by Crippen LogP contribution is -2.44. The molecule has 6 nitrogen and oxygen atoms in total. The normalized spacial score (nSPS) is 17.7. The number of anilines is 1. The van der Waals surface area contributed by atoms with E-state index in [0.717, 1.165) is 11.3 Å². The summed E-state index contributed by atoms with van der Waals surface area (Å²) in [5.74, 6) is 1.14. The molecular weight excluding hydrogens is 278 g/mol. The van der Waals surface area contributed by atoms with Crippen LogP contribution in [0.4, 0.5) is 5.69 Å². The first-order chi connectivity index (χ1) is 10.7. The Labute approximate surface area is 128 Å². The van der Waals surface area contributed by atoms with Gasteiger partial charge < -0.3 is 16.2 Å². The lowest BCUT2D eigenvalue weighted by molar-refractivity contribution is 0.414. The maximum Gasteiger partial charge on any atom is 0.221 e. The third kappa shape index (κ3) is 2.46. The minimum absolute atomic E-state index is 0.164. The van der Waals surface area contributed by atoms with Crippen LogP contribution in [0.5, 0.6) is 5.75 Å². The van der Waals surface area contributed by atoms with Crippen LogP contribution >= 0.6 is 0 Å². The molecule has 6 heteroatoms. The second-order valence-corrected chi connectivity index (χ2v) is 4.78. The first kappa shape index (κ1) is 13.9. The second-order valence-electron chi connectivity index (χ2n) is 4.78. The number of para-hydroxylation sites is 2. The first-order valence-corrected chi connectivity index (χ1v) is 6.85. The van der Waals surface area contributed by atoms with E-state index >= 15 is 0 Å². The van der Waals surface area contributed by atoms with E-state index in [9.17, 15) is 0 Å². The van der Waals surface area contributed by atoms with E-state index in [-0.39, 0.29) is 18.1 Å². The van der Waals surface area contributed by atoms with Crippen LogP contribution in [0.3, 0.4) is 0 Å². The molecule has 0 bridgehead atoms. The summed E-state index contributed by atoms with van der Waals surface area (Å²) in [7, 11) is 1.62. The van der Waals surface area contributed by atoms with E-state index in [1.54, 1.807) is 7.11 Å². The summed E-state index contributed by atoms with van der Waals surface area (Å²) >= 11 is 0. The highest BCUT2D eigenvalue weighted by molar-refractivity contribution is 6.05. The summed E-state index contributed by atoms with van der Waals surface area (Å²) in [5, 5.41) is 0. The molecule has 3 rings (SSSR count).